The van der Waals surface area contributed by atoms with Crippen LogP contribution in [0.2, 0.25) is 0 Å². The van der Waals surface area contributed by atoms with E-state index in [1.807, 2.05) is 0 Å². The van der Waals surface area contributed by atoms with Crippen molar-refractivity contribution < 1.29 is 37.1 Å². The molecule has 1 radical (unpaired) electrons. The number of benzene rings is 2. The zero-order valence-corrected chi connectivity index (χ0v) is 11.5. The van der Waals surface area contributed by atoms with Gasteiger partial charge in [0, 0.05) is 24.3 Å². The monoisotopic (exact) mass is 331 g/mol. The molecule has 2 aromatic carbocycles. The van der Waals surface area contributed by atoms with E-state index in [0.29, 0.717) is 0 Å². The maximum absolute atomic E-state index is 10.4. The van der Waals surface area contributed by atoms with E-state index in [1.165, 1.54) is 24.3 Å². The zero-order chi connectivity index (χ0) is 15.1. The SMILES string of the molecule is O=[N+]([O-])c1ccc([O-])cc1.O=[N+]([O-])c1ccc([O-])cc1.[Mn+2]. The van der Waals surface area contributed by atoms with Gasteiger partial charge in [-0.3, -0.25) is 20.2 Å². The van der Waals surface area contributed by atoms with E-state index < -0.39 is 9.85 Å². The van der Waals surface area contributed by atoms with Crippen molar-refractivity contribution >= 4 is 11.4 Å². The average molecular weight is 331 g/mol. The summed E-state index contributed by atoms with van der Waals surface area (Å²) in [7, 11) is 0. The van der Waals surface area contributed by atoms with Crippen LogP contribution in [0.4, 0.5) is 11.4 Å². The van der Waals surface area contributed by atoms with Crippen LogP contribution in [0.25, 0.3) is 0 Å². The molecule has 0 aliphatic carbocycles. The molecule has 0 amide bonds. The van der Waals surface area contributed by atoms with Gasteiger partial charge < -0.3 is 10.2 Å². The summed E-state index contributed by atoms with van der Waals surface area (Å²) in [6.45, 7) is 0. The fourth-order valence-corrected chi connectivity index (χ4v) is 1.14. The molecule has 0 saturated heterocycles. The molecule has 0 fully saturated rings. The molecule has 0 aromatic heterocycles. The Bertz CT molecular complexity index is 545. The molecule has 0 N–H and O–H groups in total. The molecule has 8 nitrogen and oxygen atoms in total. The maximum Gasteiger partial charge on any atom is 2.00 e. The molecule has 0 atom stereocenters. The van der Waals surface area contributed by atoms with Crippen molar-refractivity contribution in [3.8, 4) is 11.5 Å². The molecule has 0 aliphatic rings. The number of nitro benzene ring substituents is 2. The number of hydrogen-bond acceptors (Lipinski definition) is 6. The first kappa shape index (κ1) is 18.4. The summed E-state index contributed by atoms with van der Waals surface area (Å²) < 4.78 is 0. The Morgan fingerprint density at radius 2 is 0.857 bits per heavy atom. The molecular weight excluding hydrogens is 323 g/mol. The van der Waals surface area contributed by atoms with Crippen molar-refractivity contribution in [3.63, 3.8) is 0 Å². The van der Waals surface area contributed by atoms with Crippen LogP contribution >= 0.6 is 0 Å². The van der Waals surface area contributed by atoms with Crippen molar-refractivity contribution in [2.45, 2.75) is 0 Å². The zero-order valence-electron chi connectivity index (χ0n) is 10.3. The quantitative estimate of drug-likeness (QED) is 0.463. The second-order valence-corrected chi connectivity index (χ2v) is 3.50. The molecule has 0 unspecified atom stereocenters. The average Bonchev–Trinajstić information content (AvgIpc) is 2.40. The minimum absolute atomic E-state index is 0. The van der Waals surface area contributed by atoms with Crippen LogP contribution in [0.15, 0.2) is 48.5 Å². The molecule has 2 aromatic rings. The molecule has 0 bridgehead atoms. The summed E-state index contributed by atoms with van der Waals surface area (Å²) in [6.07, 6.45) is 0. The van der Waals surface area contributed by atoms with Gasteiger partial charge in [0.25, 0.3) is 11.4 Å². The summed E-state index contributed by atoms with van der Waals surface area (Å²) in [4.78, 5) is 18.9. The largest absolute Gasteiger partial charge is 2.00 e. The molecule has 109 valence electrons. The van der Waals surface area contributed by atoms with E-state index >= 15 is 0 Å². The van der Waals surface area contributed by atoms with Crippen LogP contribution in [0.5, 0.6) is 11.5 Å². The third-order valence-electron chi connectivity index (χ3n) is 2.10. The fraction of sp³-hybridized carbons (Fsp3) is 0. The van der Waals surface area contributed by atoms with E-state index in [1.54, 1.807) is 0 Å². The summed E-state index contributed by atoms with van der Waals surface area (Å²) in [5.74, 6) is -0.434. The number of non-ortho nitro benzene ring substituents is 2. The Morgan fingerprint density at radius 1 is 0.619 bits per heavy atom. The molecule has 0 saturated carbocycles. The summed E-state index contributed by atoms with van der Waals surface area (Å²) in [5.41, 5.74) is -0.112. The Hall–Kier alpha value is -2.64. The minimum atomic E-state index is -0.542. The van der Waals surface area contributed by atoms with Crippen LogP contribution in [-0.2, 0) is 17.1 Å². The fourth-order valence-electron chi connectivity index (χ4n) is 1.14. The number of hydrogen-bond donors (Lipinski definition) is 0. The van der Waals surface area contributed by atoms with Gasteiger partial charge in [-0.15, -0.1) is 11.5 Å². The smallest absolute Gasteiger partial charge is 0.872 e. The van der Waals surface area contributed by atoms with Gasteiger partial charge in [0.15, 0.2) is 0 Å². The van der Waals surface area contributed by atoms with E-state index in [4.69, 9.17) is 0 Å². The molecule has 0 heterocycles. The maximum atomic E-state index is 10.4. The van der Waals surface area contributed by atoms with Crippen LogP contribution in [0.3, 0.4) is 0 Å². The Morgan fingerprint density at radius 3 is 1.05 bits per heavy atom. The minimum Gasteiger partial charge on any atom is -0.872 e. The number of nitro groups is 2. The van der Waals surface area contributed by atoms with Gasteiger partial charge in [-0.05, 0) is 0 Å². The van der Waals surface area contributed by atoms with E-state index in [-0.39, 0.29) is 39.9 Å². The van der Waals surface area contributed by atoms with E-state index in [0.717, 1.165) is 24.3 Å². The normalized spacial score (nSPS) is 8.76. The van der Waals surface area contributed by atoms with Gasteiger partial charge in [0.05, 0.1) is 9.85 Å². The summed E-state index contributed by atoms with van der Waals surface area (Å²) in [5, 5.41) is 40.9. The van der Waals surface area contributed by atoms with Gasteiger partial charge >= 0.3 is 17.1 Å². The molecule has 0 aliphatic heterocycles. The predicted octanol–water partition coefficient (Wildman–Crippen LogP) is 1.33. The van der Waals surface area contributed by atoms with Crippen molar-refractivity contribution in [3.05, 3.63) is 68.8 Å². The number of nitrogens with zero attached hydrogens (tertiary/aromatic N) is 2. The topological polar surface area (TPSA) is 132 Å². The van der Waals surface area contributed by atoms with Crippen molar-refractivity contribution in [2.75, 3.05) is 0 Å². The van der Waals surface area contributed by atoms with Gasteiger partial charge in [0.2, 0.25) is 0 Å². The third-order valence-corrected chi connectivity index (χ3v) is 2.10. The van der Waals surface area contributed by atoms with Crippen LogP contribution in [-0.4, -0.2) is 9.85 Å². The van der Waals surface area contributed by atoms with Crippen LogP contribution in [0.1, 0.15) is 0 Å². The van der Waals surface area contributed by atoms with Gasteiger partial charge in [-0.25, -0.2) is 0 Å². The molecule has 2 rings (SSSR count). The van der Waals surface area contributed by atoms with Crippen LogP contribution in [0, 0.1) is 20.2 Å². The van der Waals surface area contributed by atoms with Crippen molar-refractivity contribution in [1.29, 1.82) is 0 Å². The van der Waals surface area contributed by atoms with E-state index in [2.05, 4.69) is 0 Å². The van der Waals surface area contributed by atoms with Crippen LogP contribution < -0.4 is 10.2 Å². The molecule has 21 heavy (non-hydrogen) atoms. The number of rotatable bonds is 2. The Labute approximate surface area is 129 Å². The standard InChI is InChI=1S/2C6H5NO3.Mn/c2*8-6-3-1-5(2-4-6)7(9)10;/h2*1-4,8H;/q;;+2/p-2. The van der Waals surface area contributed by atoms with Gasteiger partial charge in [-0.1, -0.05) is 24.3 Å². The summed E-state index contributed by atoms with van der Waals surface area (Å²) in [6, 6.07) is 9.39. The third kappa shape index (κ3) is 6.37. The van der Waals surface area contributed by atoms with Gasteiger partial charge in [0.1, 0.15) is 0 Å². The van der Waals surface area contributed by atoms with E-state index in [9.17, 15) is 30.4 Å². The first-order valence-corrected chi connectivity index (χ1v) is 5.23. The van der Waals surface area contributed by atoms with Crippen molar-refractivity contribution in [1.82, 2.24) is 0 Å². The Kier molecular flexibility index (Phi) is 7.44. The molecule has 9 heteroatoms. The Balaban J connectivity index is 0.000000364. The van der Waals surface area contributed by atoms with Crippen molar-refractivity contribution in [2.24, 2.45) is 0 Å². The second-order valence-electron chi connectivity index (χ2n) is 3.50. The van der Waals surface area contributed by atoms with Gasteiger partial charge in [-0.2, -0.15) is 0 Å². The first-order valence-electron chi connectivity index (χ1n) is 5.23. The predicted molar refractivity (Wildman–Crippen MR) is 65.1 cm³/mol. The summed E-state index contributed by atoms with van der Waals surface area (Å²) >= 11 is 0. The first-order chi connectivity index (χ1) is 9.40. The molecule has 0 spiro atoms. The second kappa shape index (κ2) is 8.51. The molecular formula is C12H8MnN2O6.